The zero-order valence-electron chi connectivity index (χ0n) is 10.6. The highest BCUT2D eigenvalue weighted by Gasteiger charge is 2.14. The number of nitrogens with two attached hydrogens (primary N) is 1. The Hall–Kier alpha value is -1.00. The predicted octanol–water partition coefficient (Wildman–Crippen LogP) is 2.72. The monoisotopic (exact) mass is 252 g/mol. The summed E-state index contributed by atoms with van der Waals surface area (Å²) in [5.41, 5.74) is 6.63. The summed E-state index contributed by atoms with van der Waals surface area (Å²) < 4.78 is 0. The van der Waals surface area contributed by atoms with Gasteiger partial charge in [0.1, 0.15) is 0 Å². The molecule has 0 saturated heterocycles. The van der Waals surface area contributed by atoms with E-state index in [4.69, 9.17) is 5.73 Å². The summed E-state index contributed by atoms with van der Waals surface area (Å²) in [5, 5.41) is 2.84. The lowest BCUT2D eigenvalue weighted by Crippen LogP contribution is -2.36. The Morgan fingerprint density at radius 2 is 2.18 bits per heavy atom. The summed E-state index contributed by atoms with van der Waals surface area (Å²) in [6, 6.07) is 7.32. The van der Waals surface area contributed by atoms with Crippen LogP contribution in [0.4, 0.5) is 5.69 Å². The number of benzene rings is 1. The van der Waals surface area contributed by atoms with E-state index in [0.29, 0.717) is 12.3 Å². The second kappa shape index (κ2) is 6.67. The van der Waals surface area contributed by atoms with Gasteiger partial charge in [-0.2, -0.15) is 0 Å². The first kappa shape index (κ1) is 14.1. The number of thioether (sulfide) groups is 1. The molecule has 1 aromatic rings. The van der Waals surface area contributed by atoms with Gasteiger partial charge < -0.3 is 11.1 Å². The smallest absolute Gasteiger partial charge is 0.241 e. The van der Waals surface area contributed by atoms with Crippen molar-refractivity contribution in [3.05, 3.63) is 24.3 Å². The van der Waals surface area contributed by atoms with Crippen LogP contribution in [0, 0.1) is 5.92 Å². The molecule has 1 aromatic carbocycles. The van der Waals surface area contributed by atoms with Gasteiger partial charge in [0.2, 0.25) is 5.91 Å². The number of rotatable bonds is 5. The molecule has 0 aliphatic rings. The van der Waals surface area contributed by atoms with Crippen LogP contribution in [0.25, 0.3) is 0 Å². The molecule has 0 aromatic heterocycles. The van der Waals surface area contributed by atoms with Gasteiger partial charge in [0.25, 0.3) is 0 Å². The highest BCUT2D eigenvalue weighted by Crippen LogP contribution is 2.19. The zero-order chi connectivity index (χ0) is 12.8. The van der Waals surface area contributed by atoms with Crippen LogP contribution in [-0.4, -0.2) is 18.2 Å². The first-order valence-corrected chi connectivity index (χ1v) is 6.96. The Balaban J connectivity index is 2.61. The van der Waals surface area contributed by atoms with Crippen LogP contribution in [0.15, 0.2) is 29.2 Å². The highest BCUT2D eigenvalue weighted by atomic mass is 32.2. The molecule has 1 unspecified atom stereocenters. The number of amides is 1. The number of hydrogen-bond donors (Lipinski definition) is 2. The molecule has 0 bridgehead atoms. The summed E-state index contributed by atoms with van der Waals surface area (Å²) in [7, 11) is 0. The maximum atomic E-state index is 11.8. The Kier molecular flexibility index (Phi) is 5.51. The van der Waals surface area contributed by atoms with Crippen LogP contribution in [0.2, 0.25) is 0 Å². The Bertz CT molecular complexity index is 379. The second-order valence-corrected chi connectivity index (χ2v) is 5.34. The Morgan fingerprint density at radius 3 is 2.76 bits per heavy atom. The minimum atomic E-state index is -0.437. The number of hydrogen-bond acceptors (Lipinski definition) is 3. The van der Waals surface area contributed by atoms with E-state index in [1.165, 1.54) is 0 Å². The van der Waals surface area contributed by atoms with Gasteiger partial charge in [-0.05, 0) is 36.8 Å². The van der Waals surface area contributed by atoms with Crippen molar-refractivity contribution in [2.45, 2.75) is 31.2 Å². The molecule has 0 aliphatic heterocycles. The average Bonchev–Trinajstić information content (AvgIpc) is 2.28. The van der Waals surface area contributed by atoms with Gasteiger partial charge in [0, 0.05) is 10.6 Å². The van der Waals surface area contributed by atoms with Crippen molar-refractivity contribution in [2.24, 2.45) is 11.7 Å². The van der Waals surface area contributed by atoms with Gasteiger partial charge in [-0.3, -0.25) is 4.79 Å². The van der Waals surface area contributed by atoms with Crippen LogP contribution in [0.1, 0.15) is 20.3 Å². The van der Waals surface area contributed by atoms with E-state index in [-0.39, 0.29) is 5.91 Å². The van der Waals surface area contributed by atoms with Crippen LogP contribution in [-0.2, 0) is 4.79 Å². The largest absolute Gasteiger partial charge is 0.325 e. The first-order valence-electron chi connectivity index (χ1n) is 5.73. The lowest BCUT2D eigenvalue weighted by Gasteiger charge is -2.14. The standard InChI is InChI=1S/C13H20N2OS/c1-9(2)7-12(14)13(16)15-10-5-4-6-11(8-10)17-3/h4-6,8-9,12H,7,14H2,1-3H3,(H,15,16). The van der Waals surface area contributed by atoms with Gasteiger partial charge in [-0.1, -0.05) is 19.9 Å². The Morgan fingerprint density at radius 1 is 1.47 bits per heavy atom. The van der Waals surface area contributed by atoms with Crippen molar-refractivity contribution < 1.29 is 4.79 Å². The predicted molar refractivity (Wildman–Crippen MR) is 74.3 cm³/mol. The maximum Gasteiger partial charge on any atom is 0.241 e. The van der Waals surface area contributed by atoms with Crippen LogP contribution >= 0.6 is 11.8 Å². The van der Waals surface area contributed by atoms with Crippen LogP contribution in [0.5, 0.6) is 0 Å². The van der Waals surface area contributed by atoms with Crippen molar-refractivity contribution in [3.8, 4) is 0 Å². The number of carbonyl (C=O) groups is 1. The van der Waals surface area contributed by atoms with Crippen LogP contribution < -0.4 is 11.1 Å². The SMILES string of the molecule is CSc1cccc(NC(=O)C(N)CC(C)C)c1. The molecule has 0 radical (unpaired) electrons. The molecule has 1 rings (SSSR count). The average molecular weight is 252 g/mol. The topological polar surface area (TPSA) is 55.1 Å². The molecule has 0 fully saturated rings. The molecular formula is C13H20N2OS. The van der Waals surface area contributed by atoms with Gasteiger partial charge in [-0.15, -0.1) is 11.8 Å². The van der Waals surface area contributed by atoms with Gasteiger partial charge in [0.15, 0.2) is 0 Å². The van der Waals surface area contributed by atoms with Crippen molar-refractivity contribution in [2.75, 3.05) is 11.6 Å². The number of anilines is 1. The summed E-state index contributed by atoms with van der Waals surface area (Å²) in [5.74, 6) is 0.310. The van der Waals surface area contributed by atoms with Gasteiger partial charge in [0.05, 0.1) is 6.04 Å². The van der Waals surface area contributed by atoms with E-state index in [9.17, 15) is 4.79 Å². The van der Waals surface area contributed by atoms with Gasteiger partial charge in [-0.25, -0.2) is 0 Å². The lowest BCUT2D eigenvalue weighted by molar-refractivity contribution is -0.117. The molecule has 3 N–H and O–H groups in total. The fourth-order valence-electron chi connectivity index (χ4n) is 1.55. The normalized spacial score (nSPS) is 12.5. The lowest BCUT2D eigenvalue weighted by atomic mass is 10.0. The second-order valence-electron chi connectivity index (χ2n) is 4.46. The van der Waals surface area contributed by atoms with E-state index in [1.54, 1.807) is 11.8 Å². The molecular weight excluding hydrogens is 232 g/mol. The maximum absolute atomic E-state index is 11.8. The molecule has 3 nitrogen and oxygen atoms in total. The fourth-order valence-corrected chi connectivity index (χ4v) is 2.01. The van der Waals surface area contributed by atoms with Crippen LogP contribution in [0.3, 0.4) is 0 Å². The van der Waals surface area contributed by atoms with E-state index >= 15 is 0 Å². The van der Waals surface area contributed by atoms with Crippen molar-refractivity contribution in [3.63, 3.8) is 0 Å². The molecule has 0 spiro atoms. The Labute approximate surface area is 107 Å². The minimum absolute atomic E-state index is 0.114. The van der Waals surface area contributed by atoms with Crippen molar-refractivity contribution in [1.82, 2.24) is 0 Å². The van der Waals surface area contributed by atoms with Gasteiger partial charge >= 0.3 is 0 Å². The molecule has 94 valence electrons. The molecule has 4 heteroatoms. The minimum Gasteiger partial charge on any atom is -0.325 e. The molecule has 0 saturated carbocycles. The zero-order valence-corrected chi connectivity index (χ0v) is 11.4. The van der Waals surface area contributed by atoms with E-state index in [1.807, 2.05) is 30.5 Å². The summed E-state index contributed by atoms with van der Waals surface area (Å²) in [6.45, 7) is 4.11. The third kappa shape index (κ3) is 4.79. The summed E-state index contributed by atoms with van der Waals surface area (Å²) in [4.78, 5) is 12.9. The first-order chi connectivity index (χ1) is 8.02. The third-order valence-electron chi connectivity index (χ3n) is 2.40. The molecule has 0 heterocycles. The molecule has 17 heavy (non-hydrogen) atoms. The summed E-state index contributed by atoms with van der Waals surface area (Å²) in [6.07, 6.45) is 2.71. The van der Waals surface area contributed by atoms with E-state index < -0.39 is 6.04 Å². The van der Waals surface area contributed by atoms with Crippen molar-refractivity contribution >= 4 is 23.4 Å². The quantitative estimate of drug-likeness (QED) is 0.792. The third-order valence-corrected chi connectivity index (χ3v) is 3.12. The highest BCUT2D eigenvalue weighted by molar-refractivity contribution is 7.98. The number of nitrogens with one attached hydrogen (secondary N) is 1. The van der Waals surface area contributed by atoms with E-state index in [2.05, 4.69) is 19.2 Å². The van der Waals surface area contributed by atoms with Crippen molar-refractivity contribution in [1.29, 1.82) is 0 Å². The molecule has 1 atom stereocenters. The fraction of sp³-hybridized carbons (Fsp3) is 0.462. The molecule has 1 amide bonds. The molecule has 0 aliphatic carbocycles. The summed E-state index contributed by atoms with van der Waals surface area (Å²) >= 11 is 1.65. The number of carbonyl (C=O) groups excluding carboxylic acids is 1. The van der Waals surface area contributed by atoms with E-state index in [0.717, 1.165) is 10.6 Å².